The van der Waals surface area contributed by atoms with Gasteiger partial charge in [-0.1, -0.05) is 133 Å². The third-order valence-corrected chi connectivity index (χ3v) is 10.7. The van der Waals surface area contributed by atoms with Crippen molar-refractivity contribution in [3.8, 4) is 50.3 Å². The zero-order valence-electron chi connectivity index (χ0n) is 27.8. The van der Waals surface area contributed by atoms with Crippen LogP contribution in [0.4, 0.5) is 17.1 Å². The number of anilines is 3. The second kappa shape index (κ2) is 13.1. The number of benzene rings is 8. The molecule has 8 aromatic carbocycles. The van der Waals surface area contributed by atoms with Crippen LogP contribution in [0.3, 0.4) is 0 Å². The van der Waals surface area contributed by atoms with Crippen molar-refractivity contribution in [3.63, 3.8) is 0 Å². The van der Waals surface area contributed by atoms with Gasteiger partial charge in [-0.3, -0.25) is 0 Å². The minimum absolute atomic E-state index is 0.250. The number of phenolic OH excluding ortho intramolecular Hbond substituents is 1. The molecule has 51 heavy (non-hydrogen) atoms. The standard InChI is InChI=1S/C48H33NOS/c50-46-21-11-8-18-42(46)41-17-7-10-20-45(41)49(40-30-37(33-13-3-1-4-14-33)29-38(31-40)34-15-5-2-6-16-34)39-26-23-35(24-27-39)36-25-28-48-44(32-36)43-19-9-12-22-47(43)51-48/h1-32,50H. The van der Waals surface area contributed by atoms with Gasteiger partial charge in [0.15, 0.2) is 0 Å². The zero-order valence-corrected chi connectivity index (χ0v) is 28.6. The first kappa shape index (κ1) is 30.6. The van der Waals surface area contributed by atoms with E-state index in [0.717, 1.165) is 56.0 Å². The number of nitrogens with zero attached hydrogens (tertiary/aromatic N) is 1. The lowest BCUT2D eigenvalue weighted by Gasteiger charge is -2.29. The van der Waals surface area contributed by atoms with Crippen LogP contribution in [0.2, 0.25) is 0 Å². The second-order valence-electron chi connectivity index (χ2n) is 12.7. The number of para-hydroxylation sites is 2. The Morgan fingerprint density at radius 1 is 0.353 bits per heavy atom. The van der Waals surface area contributed by atoms with E-state index < -0.39 is 0 Å². The quantitative estimate of drug-likeness (QED) is 0.182. The number of fused-ring (bicyclic) bond motifs is 3. The molecule has 0 amide bonds. The molecule has 242 valence electrons. The summed E-state index contributed by atoms with van der Waals surface area (Å²) in [5.41, 5.74) is 11.7. The molecule has 3 heteroatoms. The van der Waals surface area contributed by atoms with Crippen molar-refractivity contribution in [2.24, 2.45) is 0 Å². The molecular formula is C48H33NOS. The molecule has 0 atom stereocenters. The molecule has 0 aliphatic rings. The summed E-state index contributed by atoms with van der Waals surface area (Å²) in [5.74, 6) is 0.250. The molecule has 0 saturated heterocycles. The Kier molecular flexibility index (Phi) is 7.88. The first-order valence-corrected chi connectivity index (χ1v) is 18.0. The van der Waals surface area contributed by atoms with E-state index in [2.05, 4.69) is 169 Å². The number of phenols is 1. The number of thiophene rings is 1. The van der Waals surface area contributed by atoms with E-state index in [9.17, 15) is 5.11 Å². The Balaban J connectivity index is 1.23. The maximum atomic E-state index is 11.1. The fourth-order valence-electron chi connectivity index (χ4n) is 7.07. The molecular weight excluding hydrogens is 639 g/mol. The largest absolute Gasteiger partial charge is 0.507 e. The van der Waals surface area contributed by atoms with E-state index in [4.69, 9.17) is 0 Å². The molecule has 2 nitrogen and oxygen atoms in total. The Hall–Kier alpha value is -6.42. The van der Waals surface area contributed by atoms with E-state index in [1.807, 2.05) is 35.6 Å². The summed E-state index contributed by atoms with van der Waals surface area (Å²) in [6, 6.07) is 68.2. The summed E-state index contributed by atoms with van der Waals surface area (Å²) < 4.78 is 2.61. The van der Waals surface area contributed by atoms with Gasteiger partial charge in [-0.2, -0.15) is 0 Å². The van der Waals surface area contributed by atoms with Crippen molar-refractivity contribution in [2.45, 2.75) is 0 Å². The molecule has 0 fully saturated rings. The van der Waals surface area contributed by atoms with Crippen LogP contribution in [0.5, 0.6) is 5.75 Å². The van der Waals surface area contributed by atoms with Crippen LogP contribution < -0.4 is 4.90 Å². The van der Waals surface area contributed by atoms with E-state index >= 15 is 0 Å². The Bertz CT molecular complexity index is 2580. The average molecular weight is 672 g/mol. The van der Waals surface area contributed by atoms with Crippen LogP contribution >= 0.6 is 11.3 Å². The highest BCUT2D eigenvalue weighted by molar-refractivity contribution is 7.25. The lowest BCUT2D eigenvalue weighted by Crippen LogP contribution is -2.11. The zero-order chi connectivity index (χ0) is 34.1. The third kappa shape index (κ3) is 5.84. The van der Waals surface area contributed by atoms with Crippen LogP contribution in [0.25, 0.3) is 64.7 Å². The van der Waals surface area contributed by atoms with Crippen molar-refractivity contribution in [1.82, 2.24) is 0 Å². The topological polar surface area (TPSA) is 23.5 Å². The molecule has 1 N–H and O–H groups in total. The van der Waals surface area contributed by atoms with Gasteiger partial charge in [0.1, 0.15) is 5.75 Å². The summed E-state index contributed by atoms with van der Waals surface area (Å²) in [6.07, 6.45) is 0. The van der Waals surface area contributed by atoms with Gasteiger partial charge < -0.3 is 10.0 Å². The van der Waals surface area contributed by atoms with E-state index in [1.165, 1.54) is 25.7 Å². The average Bonchev–Trinajstić information content (AvgIpc) is 3.57. The fraction of sp³-hybridized carbons (Fsp3) is 0. The third-order valence-electron chi connectivity index (χ3n) is 9.56. The van der Waals surface area contributed by atoms with Crippen molar-refractivity contribution >= 4 is 48.6 Å². The fourth-order valence-corrected chi connectivity index (χ4v) is 8.15. The number of aromatic hydroxyl groups is 1. The van der Waals surface area contributed by atoms with Gasteiger partial charge in [0.2, 0.25) is 0 Å². The van der Waals surface area contributed by atoms with Crippen LogP contribution in [0, 0.1) is 0 Å². The Labute approximate surface area is 301 Å². The molecule has 9 rings (SSSR count). The van der Waals surface area contributed by atoms with E-state index in [0.29, 0.717) is 0 Å². The molecule has 1 heterocycles. The molecule has 9 aromatic rings. The van der Waals surface area contributed by atoms with Gasteiger partial charge in [-0.05, 0) is 94.0 Å². The van der Waals surface area contributed by atoms with Crippen molar-refractivity contribution < 1.29 is 5.11 Å². The second-order valence-corrected chi connectivity index (χ2v) is 13.8. The summed E-state index contributed by atoms with van der Waals surface area (Å²) in [5, 5.41) is 13.7. The summed E-state index contributed by atoms with van der Waals surface area (Å²) in [7, 11) is 0. The van der Waals surface area contributed by atoms with Crippen molar-refractivity contribution in [1.29, 1.82) is 0 Å². The lowest BCUT2D eigenvalue weighted by atomic mass is 9.96. The van der Waals surface area contributed by atoms with Crippen LogP contribution in [-0.2, 0) is 0 Å². The smallest absolute Gasteiger partial charge is 0.123 e. The van der Waals surface area contributed by atoms with Crippen LogP contribution in [-0.4, -0.2) is 5.11 Å². The molecule has 0 bridgehead atoms. The first-order valence-electron chi connectivity index (χ1n) is 17.1. The maximum Gasteiger partial charge on any atom is 0.123 e. The highest BCUT2D eigenvalue weighted by atomic mass is 32.1. The van der Waals surface area contributed by atoms with Gasteiger partial charge in [0.25, 0.3) is 0 Å². The number of hydrogen-bond donors (Lipinski definition) is 1. The monoisotopic (exact) mass is 671 g/mol. The predicted octanol–water partition coefficient (Wildman–Crippen LogP) is 13.9. The summed E-state index contributed by atoms with van der Waals surface area (Å²) in [6.45, 7) is 0. The highest BCUT2D eigenvalue weighted by Gasteiger charge is 2.20. The first-order chi connectivity index (χ1) is 25.2. The molecule has 0 spiro atoms. The van der Waals surface area contributed by atoms with Gasteiger partial charge in [0.05, 0.1) is 5.69 Å². The molecule has 0 aliphatic heterocycles. The van der Waals surface area contributed by atoms with E-state index in [1.54, 1.807) is 6.07 Å². The summed E-state index contributed by atoms with van der Waals surface area (Å²) >= 11 is 1.84. The van der Waals surface area contributed by atoms with Gasteiger partial charge in [0, 0.05) is 42.7 Å². The number of hydrogen-bond acceptors (Lipinski definition) is 3. The van der Waals surface area contributed by atoms with Crippen LogP contribution in [0.1, 0.15) is 0 Å². The Morgan fingerprint density at radius 2 is 0.902 bits per heavy atom. The molecule has 0 radical (unpaired) electrons. The minimum Gasteiger partial charge on any atom is -0.507 e. The molecule has 1 aromatic heterocycles. The Morgan fingerprint density at radius 3 is 1.61 bits per heavy atom. The van der Waals surface area contributed by atoms with Gasteiger partial charge in [-0.15, -0.1) is 11.3 Å². The lowest BCUT2D eigenvalue weighted by molar-refractivity contribution is 0.477. The molecule has 0 saturated carbocycles. The number of rotatable bonds is 7. The van der Waals surface area contributed by atoms with Gasteiger partial charge in [-0.25, -0.2) is 0 Å². The molecule has 0 aliphatic carbocycles. The normalized spacial score (nSPS) is 11.2. The van der Waals surface area contributed by atoms with Crippen LogP contribution in [0.15, 0.2) is 194 Å². The SMILES string of the molecule is Oc1ccccc1-c1ccccc1N(c1ccc(-c2ccc3sc4ccccc4c3c2)cc1)c1cc(-c2ccccc2)cc(-c2ccccc2)c1. The highest BCUT2D eigenvalue weighted by Crippen LogP contribution is 2.45. The molecule has 0 unspecified atom stereocenters. The van der Waals surface area contributed by atoms with Crippen molar-refractivity contribution in [3.05, 3.63) is 194 Å². The predicted molar refractivity (Wildman–Crippen MR) is 217 cm³/mol. The minimum atomic E-state index is 0.250. The van der Waals surface area contributed by atoms with Gasteiger partial charge >= 0.3 is 0 Å². The summed E-state index contributed by atoms with van der Waals surface area (Å²) in [4.78, 5) is 2.32. The van der Waals surface area contributed by atoms with E-state index in [-0.39, 0.29) is 5.75 Å². The van der Waals surface area contributed by atoms with Crippen molar-refractivity contribution in [2.75, 3.05) is 4.90 Å². The maximum absolute atomic E-state index is 11.1.